The first-order valence-electron chi connectivity index (χ1n) is 10.8. The summed E-state index contributed by atoms with van der Waals surface area (Å²) in [7, 11) is 0. The monoisotopic (exact) mass is 398 g/mol. The fourth-order valence-corrected chi connectivity index (χ4v) is 4.43. The van der Waals surface area contributed by atoms with E-state index in [1.165, 1.54) is 25.7 Å². The van der Waals surface area contributed by atoms with Crippen molar-refractivity contribution < 1.29 is 14.4 Å². The molecule has 1 saturated carbocycles. The number of carbonyl (C=O) groups excluding carboxylic acids is 1. The summed E-state index contributed by atoms with van der Waals surface area (Å²) < 4.78 is 5.49. The lowest BCUT2D eigenvalue weighted by Crippen LogP contribution is -2.45. The number of urea groups is 1. The summed E-state index contributed by atoms with van der Waals surface area (Å²) in [5.41, 5.74) is 1.01. The van der Waals surface area contributed by atoms with Crippen molar-refractivity contribution in [2.45, 2.75) is 57.3 Å². The first kappa shape index (κ1) is 19.7. The van der Waals surface area contributed by atoms with E-state index in [2.05, 4.69) is 15.5 Å². The highest BCUT2D eigenvalue weighted by atomic mass is 16.5. The van der Waals surface area contributed by atoms with Crippen LogP contribution in [0.2, 0.25) is 0 Å². The van der Waals surface area contributed by atoms with Crippen molar-refractivity contribution in [2.24, 2.45) is 5.92 Å². The van der Waals surface area contributed by atoms with Gasteiger partial charge in [0.25, 0.3) is 0 Å². The molecule has 7 heteroatoms. The maximum atomic E-state index is 12.4. The molecule has 1 saturated heterocycles. The zero-order valence-electron chi connectivity index (χ0n) is 16.8. The number of likely N-dealkylation sites (tertiary alicyclic amines) is 1. The van der Waals surface area contributed by atoms with Crippen LogP contribution in [-0.4, -0.2) is 45.8 Å². The third-order valence-corrected chi connectivity index (χ3v) is 6.17. The molecule has 2 aromatic rings. The van der Waals surface area contributed by atoms with Crippen molar-refractivity contribution in [2.75, 3.05) is 19.6 Å². The number of nitrogens with one attached hydrogen (secondary N) is 1. The Labute approximate surface area is 171 Å². The van der Waals surface area contributed by atoms with Gasteiger partial charge in [-0.05, 0) is 55.7 Å². The molecule has 1 aliphatic heterocycles. The van der Waals surface area contributed by atoms with Gasteiger partial charge in [-0.3, -0.25) is 0 Å². The minimum atomic E-state index is -0.00934. The van der Waals surface area contributed by atoms with Gasteiger partial charge in [-0.1, -0.05) is 30.1 Å². The summed E-state index contributed by atoms with van der Waals surface area (Å²) in [6, 6.07) is 7.14. The lowest BCUT2D eigenvalue weighted by molar-refractivity contribution is 0.167. The third-order valence-electron chi connectivity index (χ3n) is 6.17. The zero-order chi connectivity index (χ0) is 20.1. The Kier molecular flexibility index (Phi) is 6.32. The van der Waals surface area contributed by atoms with Crippen molar-refractivity contribution in [1.82, 2.24) is 20.4 Å². The van der Waals surface area contributed by atoms with E-state index in [0.29, 0.717) is 24.8 Å². The Morgan fingerprint density at radius 1 is 1.21 bits per heavy atom. The van der Waals surface area contributed by atoms with Crippen molar-refractivity contribution in [3.8, 4) is 5.75 Å². The molecule has 0 atom stereocenters. The maximum Gasteiger partial charge on any atom is 0.317 e. The van der Waals surface area contributed by atoms with Gasteiger partial charge in [0.1, 0.15) is 5.75 Å². The lowest BCUT2D eigenvalue weighted by Gasteiger charge is -2.31. The number of hydrogen-bond donors (Lipinski definition) is 2. The number of hydrogen-bond acceptors (Lipinski definition) is 5. The highest BCUT2D eigenvalue weighted by molar-refractivity contribution is 5.74. The van der Waals surface area contributed by atoms with Gasteiger partial charge in [-0.2, -0.15) is 4.98 Å². The van der Waals surface area contributed by atoms with Gasteiger partial charge in [0.15, 0.2) is 5.82 Å². The summed E-state index contributed by atoms with van der Waals surface area (Å²) >= 11 is 0. The van der Waals surface area contributed by atoms with E-state index in [1.54, 1.807) is 12.1 Å². The summed E-state index contributed by atoms with van der Waals surface area (Å²) in [5, 5.41) is 16.7. The number of phenolic OH excluding ortho intramolecular Hbond substituents is 1. The fourth-order valence-electron chi connectivity index (χ4n) is 4.43. The van der Waals surface area contributed by atoms with Gasteiger partial charge >= 0.3 is 6.03 Å². The minimum absolute atomic E-state index is 0.00934. The Balaban J connectivity index is 1.17. The number of benzene rings is 1. The van der Waals surface area contributed by atoms with Crippen LogP contribution in [-0.2, 0) is 12.8 Å². The number of aromatic nitrogens is 2. The molecule has 7 nitrogen and oxygen atoms in total. The fraction of sp³-hybridized carbons (Fsp3) is 0.591. The summed E-state index contributed by atoms with van der Waals surface area (Å²) in [4.78, 5) is 18.9. The summed E-state index contributed by atoms with van der Waals surface area (Å²) in [6.07, 6.45) is 8.33. The molecule has 1 aromatic carbocycles. The molecular weight excluding hydrogens is 368 g/mol. The highest BCUT2D eigenvalue weighted by Gasteiger charge is 2.26. The second-order valence-electron chi connectivity index (χ2n) is 8.31. The Morgan fingerprint density at radius 2 is 2.00 bits per heavy atom. The minimum Gasteiger partial charge on any atom is -0.508 e. The lowest BCUT2D eigenvalue weighted by atomic mass is 9.93. The topological polar surface area (TPSA) is 91.5 Å². The van der Waals surface area contributed by atoms with E-state index >= 15 is 0 Å². The number of nitrogens with zero attached hydrogens (tertiary/aromatic N) is 3. The molecule has 2 fully saturated rings. The number of amides is 2. The van der Waals surface area contributed by atoms with Crippen molar-refractivity contribution in [1.29, 1.82) is 0 Å². The van der Waals surface area contributed by atoms with E-state index in [4.69, 9.17) is 4.52 Å². The van der Waals surface area contributed by atoms with Gasteiger partial charge in [0, 0.05) is 32.0 Å². The standard InChI is InChI=1S/C22H30N4O3/c27-19-7-3-4-16(14-19)8-11-23-22(28)26-12-9-17(10-13-26)15-20-24-21(25-29-20)18-5-1-2-6-18/h3-4,7,14,17-18,27H,1-2,5-6,8-13,15H2,(H,23,28). The molecule has 0 radical (unpaired) electrons. The second-order valence-corrected chi connectivity index (χ2v) is 8.31. The summed E-state index contributed by atoms with van der Waals surface area (Å²) in [6.45, 7) is 2.08. The van der Waals surface area contributed by atoms with Crippen LogP contribution >= 0.6 is 0 Å². The van der Waals surface area contributed by atoms with Crippen LogP contribution in [0, 0.1) is 5.92 Å². The first-order chi connectivity index (χ1) is 14.2. The third kappa shape index (κ3) is 5.28. The van der Waals surface area contributed by atoms with Crippen LogP contribution in [0.15, 0.2) is 28.8 Å². The van der Waals surface area contributed by atoms with Crippen LogP contribution in [0.5, 0.6) is 5.75 Å². The zero-order valence-corrected chi connectivity index (χ0v) is 16.8. The first-order valence-corrected chi connectivity index (χ1v) is 10.8. The molecule has 1 aliphatic carbocycles. The average molecular weight is 399 g/mol. The number of aromatic hydroxyl groups is 1. The number of phenols is 1. The number of rotatable bonds is 6. The maximum absolute atomic E-state index is 12.4. The number of piperidine rings is 1. The van der Waals surface area contributed by atoms with Crippen molar-refractivity contribution >= 4 is 6.03 Å². The molecular formula is C22H30N4O3. The molecule has 0 unspecified atom stereocenters. The predicted molar refractivity (Wildman–Crippen MR) is 109 cm³/mol. The molecule has 0 bridgehead atoms. The van der Waals surface area contributed by atoms with Gasteiger partial charge in [0.2, 0.25) is 5.89 Å². The van der Waals surface area contributed by atoms with Crippen LogP contribution in [0.25, 0.3) is 0 Å². The number of carbonyl (C=O) groups is 1. The van der Waals surface area contributed by atoms with E-state index in [1.807, 2.05) is 17.0 Å². The van der Waals surface area contributed by atoms with E-state index in [0.717, 1.165) is 49.6 Å². The van der Waals surface area contributed by atoms with Gasteiger partial charge in [-0.25, -0.2) is 4.79 Å². The molecule has 2 amide bonds. The van der Waals surface area contributed by atoms with Gasteiger partial charge in [-0.15, -0.1) is 0 Å². The van der Waals surface area contributed by atoms with Gasteiger partial charge in [0.05, 0.1) is 0 Å². The van der Waals surface area contributed by atoms with Crippen LogP contribution in [0.4, 0.5) is 4.79 Å². The highest BCUT2D eigenvalue weighted by Crippen LogP contribution is 2.32. The molecule has 2 aliphatic rings. The van der Waals surface area contributed by atoms with Crippen LogP contribution < -0.4 is 5.32 Å². The van der Waals surface area contributed by atoms with E-state index < -0.39 is 0 Å². The largest absolute Gasteiger partial charge is 0.508 e. The molecule has 156 valence electrons. The SMILES string of the molecule is O=C(NCCc1cccc(O)c1)N1CCC(Cc2nc(C3CCCC3)no2)CC1. The molecule has 1 aromatic heterocycles. The van der Waals surface area contributed by atoms with Crippen LogP contribution in [0.3, 0.4) is 0 Å². The predicted octanol–water partition coefficient (Wildman–Crippen LogP) is 3.64. The van der Waals surface area contributed by atoms with Crippen molar-refractivity contribution in [3.63, 3.8) is 0 Å². The molecule has 29 heavy (non-hydrogen) atoms. The average Bonchev–Trinajstić information content (AvgIpc) is 3.40. The molecule has 0 spiro atoms. The van der Waals surface area contributed by atoms with Gasteiger partial charge < -0.3 is 19.8 Å². The molecule has 2 heterocycles. The second kappa shape index (κ2) is 9.29. The Bertz CT molecular complexity index is 808. The Hall–Kier alpha value is -2.57. The molecule has 4 rings (SSSR count). The Morgan fingerprint density at radius 3 is 2.76 bits per heavy atom. The van der Waals surface area contributed by atoms with E-state index in [-0.39, 0.29) is 11.8 Å². The van der Waals surface area contributed by atoms with Crippen LogP contribution in [0.1, 0.15) is 61.7 Å². The summed E-state index contributed by atoms with van der Waals surface area (Å²) in [5.74, 6) is 2.87. The van der Waals surface area contributed by atoms with Crippen molar-refractivity contribution in [3.05, 3.63) is 41.5 Å². The van der Waals surface area contributed by atoms with E-state index in [9.17, 15) is 9.90 Å². The molecule has 2 N–H and O–H groups in total. The smallest absolute Gasteiger partial charge is 0.317 e. The normalized spacial score (nSPS) is 18.3. The quantitative estimate of drug-likeness (QED) is 0.775.